The van der Waals surface area contributed by atoms with Gasteiger partial charge in [-0.1, -0.05) is 5.16 Å². The van der Waals surface area contributed by atoms with Gasteiger partial charge >= 0.3 is 0 Å². The zero-order valence-electron chi connectivity index (χ0n) is 11.9. The second kappa shape index (κ2) is 6.02. The van der Waals surface area contributed by atoms with Gasteiger partial charge in [-0.3, -0.25) is 0 Å². The van der Waals surface area contributed by atoms with Crippen LogP contribution in [0.15, 0.2) is 33.7 Å². The van der Waals surface area contributed by atoms with Crippen LogP contribution in [-0.4, -0.2) is 19.3 Å². The smallest absolute Gasteiger partial charge is 0.219 e. The Balaban J connectivity index is 1.80. The largest absolute Gasteiger partial charge is 0.360 e. The Bertz CT molecular complexity index is 789. The number of hydrogen-bond acceptors (Lipinski definition) is 5. The zero-order valence-corrected chi connectivity index (χ0v) is 13.5. The summed E-state index contributed by atoms with van der Waals surface area (Å²) in [6, 6.07) is 5.65. The fraction of sp³-hybridized carbons (Fsp3) is 0.357. The van der Waals surface area contributed by atoms with Crippen molar-refractivity contribution in [1.29, 1.82) is 0 Å². The molecule has 1 aromatic carbocycles. The first-order chi connectivity index (χ1) is 10.4. The van der Waals surface area contributed by atoms with Gasteiger partial charge in [0.2, 0.25) is 10.0 Å². The van der Waals surface area contributed by atoms with Gasteiger partial charge in [0.05, 0.1) is 5.69 Å². The maximum absolute atomic E-state index is 13.4. The number of sulfonamides is 1. The van der Waals surface area contributed by atoms with Gasteiger partial charge in [-0.25, -0.2) is 17.5 Å². The Morgan fingerprint density at radius 2 is 2.27 bits per heavy atom. The topological polar surface area (TPSA) is 72.2 Å². The van der Waals surface area contributed by atoms with E-state index in [0.29, 0.717) is 17.7 Å². The Kier molecular flexibility index (Phi) is 4.24. The van der Waals surface area contributed by atoms with Crippen molar-refractivity contribution in [3.8, 4) is 0 Å². The molecule has 0 saturated carbocycles. The van der Waals surface area contributed by atoms with Crippen molar-refractivity contribution < 1.29 is 17.3 Å². The Morgan fingerprint density at radius 1 is 1.45 bits per heavy atom. The first kappa shape index (κ1) is 15.5. The van der Waals surface area contributed by atoms with Crippen LogP contribution < -0.4 is 4.72 Å². The molecule has 1 aliphatic rings. The van der Waals surface area contributed by atoms with E-state index in [2.05, 4.69) is 9.88 Å². The lowest BCUT2D eigenvalue weighted by molar-refractivity contribution is 0.388. The molecule has 2 aromatic rings. The van der Waals surface area contributed by atoms with Gasteiger partial charge in [-0.05, 0) is 42.9 Å². The quantitative estimate of drug-likeness (QED) is 0.925. The molecule has 8 heteroatoms. The van der Waals surface area contributed by atoms with Crippen LogP contribution >= 0.6 is 11.8 Å². The molecule has 1 aromatic heterocycles. The molecule has 1 atom stereocenters. The van der Waals surface area contributed by atoms with Gasteiger partial charge in [-0.2, -0.15) is 0 Å². The van der Waals surface area contributed by atoms with E-state index in [4.69, 9.17) is 4.52 Å². The second-order valence-electron chi connectivity index (χ2n) is 5.18. The van der Waals surface area contributed by atoms with E-state index in [9.17, 15) is 12.8 Å². The highest BCUT2D eigenvalue weighted by atomic mass is 32.2. The first-order valence-corrected chi connectivity index (χ1v) is 9.41. The number of nitrogens with one attached hydrogen (secondary N) is 1. The minimum atomic E-state index is -3.59. The van der Waals surface area contributed by atoms with Crippen molar-refractivity contribution in [2.24, 2.45) is 0 Å². The Hall–Kier alpha value is -1.38. The van der Waals surface area contributed by atoms with E-state index in [-0.39, 0.29) is 17.3 Å². The summed E-state index contributed by atoms with van der Waals surface area (Å²) >= 11 is 1.60. The molecule has 118 valence electrons. The summed E-state index contributed by atoms with van der Waals surface area (Å²) in [4.78, 5) is 0.913. The summed E-state index contributed by atoms with van der Waals surface area (Å²) in [5.41, 5.74) is 1.32. The number of hydrogen-bond donors (Lipinski definition) is 1. The van der Waals surface area contributed by atoms with Crippen molar-refractivity contribution in [2.45, 2.75) is 30.0 Å². The average Bonchev–Trinajstić information content (AvgIpc) is 2.83. The summed E-state index contributed by atoms with van der Waals surface area (Å²) in [5.74, 6) is 0.431. The molecule has 0 aliphatic carbocycles. The maximum atomic E-state index is 13.4. The fourth-order valence-electron chi connectivity index (χ4n) is 2.42. The molecule has 0 bridgehead atoms. The van der Waals surface area contributed by atoms with Gasteiger partial charge in [0, 0.05) is 17.0 Å². The SMILES string of the molecule is Cc1cc(CS(=O)(=O)NC2CCSc3ccc(F)cc32)on1. The van der Waals surface area contributed by atoms with E-state index >= 15 is 0 Å². The minimum Gasteiger partial charge on any atom is -0.360 e. The van der Waals surface area contributed by atoms with Crippen LogP contribution in [-0.2, 0) is 15.8 Å². The molecule has 1 aliphatic heterocycles. The van der Waals surface area contributed by atoms with E-state index in [0.717, 1.165) is 10.6 Å². The van der Waals surface area contributed by atoms with Crippen molar-refractivity contribution in [3.63, 3.8) is 0 Å². The molecule has 0 fully saturated rings. The van der Waals surface area contributed by atoms with Crippen LogP contribution in [0.3, 0.4) is 0 Å². The molecule has 0 amide bonds. The molecule has 2 heterocycles. The summed E-state index contributed by atoms with van der Waals surface area (Å²) in [6.07, 6.45) is 0.621. The van der Waals surface area contributed by atoms with Crippen molar-refractivity contribution in [1.82, 2.24) is 9.88 Å². The summed E-state index contributed by atoms with van der Waals surface area (Å²) in [5, 5.41) is 3.68. The predicted molar refractivity (Wildman–Crippen MR) is 81.5 cm³/mol. The Labute approximate surface area is 132 Å². The molecule has 1 N–H and O–H groups in total. The normalized spacial score (nSPS) is 18.2. The Morgan fingerprint density at radius 3 is 3.00 bits per heavy atom. The number of fused-ring (bicyclic) bond motifs is 1. The molecular formula is C14H15FN2O3S2. The number of halogens is 1. The van der Waals surface area contributed by atoms with E-state index in [1.54, 1.807) is 30.8 Å². The van der Waals surface area contributed by atoms with Gasteiger partial charge in [-0.15, -0.1) is 11.8 Å². The molecule has 0 saturated heterocycles. The van der Waals surface area contributed by atoms with Crippen molar-refractivity contribution in [2.75, 3.05) is 5.75 Å². The molecule has 1 unspecified atom stereocenters. The molecule has 3 rings (SSSR count). The average molecular weight is 342 g/mol. The first-order valence-electron chi connectivity index (χ1n) is 6.77. The number of rotatable bonds is 4. The lowest BCUT2D eigenvalue weighted by atomic mass is 10.0. The van der Waals surface area contributed by atoms with Crippen LogP contribution in [0.25, 0.3) is 0 Å². The number of nitrogens with zero attached hydrogens (tertiary/aromatic N) is 1. The van der Waals surface area contributed by atoms with Crippen LogP contribution in [0.1, 0.15) is 29.5 Å². The van der Waals surface area contributed by atoms with Gasteiger partial charge in [0.25, 0.3) is 0 Å². The van der Waals surface area contributed by atoms with Gasteiger partial charge in [0.1, 0.15) is 11.6 Å². The van der Waals surface area contributed by atoms with E-state index in [1.165, 1.54) is 12.1 Å². The minimum absolute atomic E-state index is 0.276. The van der Waals surface area contributed by atoms with Crippen molar-refractivity contribution >= 4 is 21.8 Å². The summed E-state index contributed by atoms with van der Waals surface area (Å²) in [6.45, 7) is 1.73. The monoisotopic (exact) mass is 342 g/mol. The third-order valence-electron chi connectivity index (χ3n) is 3.34. The van der Waals surface area contributed by atoms with Crippen LogP contribution in [0.2, 0.25) is 0 Å². The standard InChI is InChI=1S/C14H15FN2O3S2/c1-9-6-11(20-16-9)8-22(18,19)17-13-4-5-21-14-3-2-10(15)7-12(13)14/h2-3,6-7,13,17H,4-5,8H2,1H3. The number of aryl methyl sites for hydroxylation is 1. The third kappa shape index (κ3) is 3.50. The van der Waals surface area contributed by atoms with E-state index in [1.807, 2.05) is 0 Å². The van der Waals surface area contributed by atoms with Crippen LogP contribution in [0.4, 0.5) is 4.39 Å². The molecule has 22 heavy (non-hydrogen) atoms. The highest BCUT2D eigenvalue weighted by Crippen LogP contribution is 2.36. The lowest BCUT2D eigenvalue weighted by Gasteiger charge is -2.25. The van der Waals surface area contributed by atoms with E-state index < -0.39 is 16.1 Å². The number of aromatic nitrogens is 1. The number of benzene rings is 1. The fourth-order valence-corrected chi connectivity index (χ4v) is 4.80. The molecule has 0 spiro atoms. The third-order valence-corrected chi connectivity index (χ3v) is 5.77. The molecular weight excluding hydrogens is 327 g/mol. The predicted octanol–water partition coefficient (Wildman–Crippen LogP) is 2.78. The maximum Gasteiger partial charge on any atom is 0.219 e. The van der Waals surface area contributed by atoms with Crippen LogP contribution in [0.5, 0.6) is 0 Å². The van der Waals surface area contributed by atoms with Gasteiger partial charge < -0.3 is 4.52 Å². The summed E-state index contributed by atoms with van der Waals surface area (Å²) in [7, 11) is -3.59. The highest BCUT2D eigenvalue weighted by molar-refractivity contribution is 7.99. The highest BCUT2D eigenvalue weighted by Gasteiger charge is 2.26. The second-order valence-corrected chi connectivity index (χ2v) is 8.07. The summed E-state index contributed by atoms with van der Waals surface area (Å²) < 4.78 is 45.6. The van der Waals surface area contributed by atoms with Crippen molar-refractivity contribution in [3.05, 3.63) is 47.1 Å². The number of thioether (sulfide) groups is 1. The molecule has 0 radical (unpaired) electrons. The molecule has 5 nitrogen and oxygen atoms in total. The zero-order chi connectivity index (χ0) is 15.7. The van der Waals surface area contributed by atoms with Gasteiger partial charge in [0.15, 0.2) is 5.76 Å². The lowest BCUT2D eigenvalue weighted by Crippen LogP contribution is -2.31. The van der Waals surface area contributed by atoms with Crippen LogP contribution in [0, 0.1) is 12.7 Å².